The topological polar surface area (TPSA) is 21.3 Å². The largest absolute Gasteiger partial charge is 0.381 e. The smallest absolute Gasteiger partial charge is 0.0500 e. The van der Waals surface area contributed by atoms with Crippen molar-refractivity contribution in [3.8, 4) is 0 Å². The molecule has 0 spiro atoms. The third-order valence-electron chi connectivity index (χ3n) is 1.43. The van der Waals surface area contributed by atoms with Crippen molar-refractivity contribution in [3.05, 3.63) is 12.7 Å². The van der Waals surface area contributed by atoms with E-state index in [2.05, 4.69) is 11.9 Å². The van der Waals surface area contributed by atoms with Crippen LogP contribution in [0.4, 0.5) is 0 Å². The molecule has 66 valence electrons. The molecule has 0 aromatic carbocycles. The molecule has 0 rings (SSSR count). The van der Waals surface area contributed by atoms with Crippen molar-refractivity contribution in [2.24, 2.45) is 0 Å². The molecule has 0 unspecified atom stereocenters. The Hall–Kier alpha value is -0.340. The van der Waals surface area contributed by atoms with E-state index in [0.717, 1.165) is 32.6 Å². The van der Waals surface area contributed by atoms with Gasteiger partial charge >= 0.3 is 0 Å². The van der Waals surface area contributed by atoms with E-state index in [1.165, 1.54) is 6.42 Å². The number of rotatable bonds is 8. The van der Waals surface area contributed by atoms with Crippen LogP contribution in [-0.4, -0.2) is 26.8 Å². The molecule has 1 N–H and O–H groups in total. The number of hydrogen-bond acceptors (Lipinski definition) is 2. The summed E-state index contributed by atoms with van der Waals surface area (Å²) in [7, 11) is 1.97. The van der Waals surface area contributed by atoms with Crippen LogP contribution in [0.3, 0.4) is 0 Å². The minimum absolute atomic E-state index is 0.822. The van der Waals surface area contributed by atoms with E-state index in [1.807, 2.05) is 13.1 Å². The van der Waals surface area contributed by atoms with Crippen molar-refractivity contribution in [1.29, 1.82) is 0 Å². The van der Waals surface area contributed by atoms with Gasteiger partial charge in [-0.3, -0.25) is 0 Å². The van der Waals surface area contributed by atoms with Crippen molar-refractivity contribution in [2.75, 3.05) is 26.8 Å². The lowest BCUT2D eigenvalue weighted by Crippen LogP contribution is -2.08. The lowest BCUT2D eigenvalue weighted by atomic mass is 10.3. The van der Waals surface area contributed by atoms with Crippen LogP contribution < -0.4 is 5.32 Å². The molecular weight excluding hydrogens is 138 g/mol. The quantitative estimate of drug-likeness (QED) is 0.426. The van der Waals surface area contributed by atoms with Crippen LogP contribution in [0.25, 0.3) is 0 Å². The molecule has 0 heterocycles. The van der Waals surface area contributed by atoms with Gasteiger partial charge in [-0.25, -0.2) is 0 Å². The summed E-state index contributed by atoms with van der Waals surface area (Å²) in [5, 5.41) is 3.10. The Morgan fingerprint density at radius 3 is 2.82 bits per heavy atom. The predicted octanol–water partition coefficient (Wildman–Crippen LogP) is 1.58. The standard InChI is InChI=1S/C9H19NO/c1-3-4-8-11-9-6-5-7-10-2/h3,10H,1,4-9H2,2H3. The van der Waals surface area contributed by atoms with Gasteiger partial charge in [-0.1, -0.05) is 6.08 Å². The zero-order chi connectivity index (χ0) is 8.36. The van der Waals surface area contributed by atoms with E-state index in [-0.39, 0.29) is 0 Å². The van der Waals surface area contributed by atoms with E-state index in [4.69, 9.17) is 4.74 Å². The summed E-state index contributed by atoms with van der Waals surface area (Å²) < 4.78 is 5.32. The highest BCUT2D eigenvalue weighted by Crippen LogP contribution is 1.89. The first kappa shape index (κ1) is 10.7. The average molecular weight is 157 g/mol. The molecule has 0 aliphatic rings. The molecule has 0 saturated carbocycles. The summed E-state index contributed by atoms with van der Waals surface area (Å²) >= 11 is 0. The fourth-order valence-corrected chi connectivity index (χ4v) is 0.775. The number of unbranched alkanes of at least 4 members (excludes halogenated alkanes) is 1. The second kappa shape index (κ2) is 9.66. The second-order valence-electron chi connectivity index (χ2n) is 2.50. The molecule has 2 heteroatoms. The van der Waals surface area contributed by atoms with Gasteiger partial charge < -0.3 is 10.1 Å². The zero-order valence-electron chi connectivity index (χ0n) is 7.44. The van der Waals surface area contributed by atoms with Crippen LogP contribution in [-0.2, 0) is 4.74 Å². The zero-order valence-corrected chi connectivity index (χ0v) is 7.44. The summed E-state index contributed by atoms with van der Waals surface area (Å²) in [6, 6.07) is 0. The van der Waals surface area contributed by atoms with Crippen LogP contribution in [0.1, 0.15) is 19.3 Å². The summed E-state index contributed by atoms with van der Waals surface area (Å²) in [5.74, 6) is 0. The van der Waals surface area contributed by atoms with Gasteiger partial charge in [-0.2, -0.15) is 0 Å². The van der Waals surface area contributed by atoms with E-state index < -0.39 is 0 Å². The Bertz CT molecular complexity index is 83.6. The number of hydrogen-bond donors (Lipinski definition) is 1. The van der Waals surface area contributed by atoms with Crippen LogP contribution in [0.15, 0.2) is 12.7 Å². The molecule has 11 heavy (non-hydrogen) atoms. The van der Waals surface area contributed by atoms with Gasteiger partial charge in [0.2, 0.25) is 0 Å². The Morgan fingerprint density at radius 1 is 1.36 bits per heavy atom. The van der Waals surface area contributed by atoms with Gasteiger partial charge in [0.05, 0.1) is 0 Å². The molecule has 0 saturated heterocycles. The molecule has 0 aromatic rings. The third kappa shape index (κ3) is 9.66. The second-order valence-corrected chi connectivity index (χ2v) is 2.50. The predicted molar refractivity (Wildman–Crippen MR) is 48.8 cm³/mol. The highest BCUT2D eigenvalue weighted by atomic mass is 16.5. The monoisotopic (exact) mass is 157 g/mol. The first-order valence-electron chi connectivity index (χ1n) is 4.25. The fraction of sp³-hybridized carbons (Fsp3) is 0.778. The van der Waals surface area contributed by atoms with E-state index in [9.17, 15) is 0 Å². The number of nitrogens with one attached hydrogen (secondary N) is 1. The summed E-state index contributed by atoms with van der Waals surface area (Å²) in [4.78, 5) is 0. The van der Waals surface area contributed by atoms with Crippen LogP contribution >= 0.6 is 0 Å². The molecule has 2 nitrogen and oxygen atoms in total. The fourth-order valence-electron chi connectivity index (χ4n) is 0.775. The molecule has 0 aliphatic heterocycles. The van der Waals surface area contributed by atoms with Gasteiger partial charge in [0.25, 0.3) is 0 Å². The molecule has 0 amide bonds. The summed E-state index contributed by atoms with van der Waals surface area (Å²) in [6.45, 7) is 6.41. The lowest BCUT2D eigenvalue weighted by molar-refractivity contribution is 0.135. The van der Waals surface area contributed by atoms with Gasteiger partial charge in [0.15, 0.2) is 0 Å². The molecule has 0 fully saturated rings. The highest BCUT2D eigenvalue weighted by Gasteiger charge is 1.86. The molecular formula is C9H19NO. The lowest BCUT2D eigenvalue weighted by Gasteiger charge is -2.01. The van der Waals surface area contributed by atoms with Crippen molar-refractivity contribution in [3.63, 3.8) is 0 Å². The minimum Gasteiger partial charge on any atom is -0.381 e. The molecule has 0 bridgehead atoms. The van der Waals surface area contributed by atoms with Crippen molar-refractivity contribution >= 4 is 0 Å². The Morgan fingerprint density at radius 2 is 2.18 bits per heavy atom. The van der Waals surface area contributed by atoms with Gasteiger partial charge in [0, 0.05) is 13.2 Å². The molecule has 0 radical (unpaired) electrons. The van der Waals surface area contributed by atoms with Crippen molar-refractivity contribution in [1.82, 2.24) is 5.32 Å². The maximum absolute atomic E-state index is 5.32. The highest BCUT2D eigenvalue weighted by molar-refractivity contribution is 4.64. The van der Waals surface area contributed by atoms with Gasteiger partial charge in [-0.05, 0) is 32.9 Å². The van der Waals surface area contributed by atoms with E-state index in [0.29, 0.717) is 0 Å². The average Bonchev–Trinajstić information content (AvgIpc) is 2.03. The molecule has 0 aliphatic carbocycles. The van der Waals surface area contributed by atoms with E-state index in [1.54, 1.807) is 0 Å². The molecule has 0 aromatic heterocycles. The van der Waals surface area contributed by atoms with Crippen LogP contribution in [0.2, 0.25) is 0 Å². The normalized spacial score (nSPS) is 9.91. The SMILES string of the molecule is C=CCCOCCCCNC. The minimum atomic E-state index is 0.822. The maximum Gasteiger partial charge on any atom is 0.0500 e. The van der Waals surface area contributed by atoms with Gasteiger partial charge in [-0.15, -0.1) is 6.58 Å². The van der Waals surface area contributed by atoms with Crippen molar-refractivity contribution < 1.29 is 4.74 Å². The van der Waals surface area contributed by atoms with Gasteiger partial charge in [0.1, 0.15) is 0 Å². The Labute approximate surface area is 69.6 Å². The Balaban J connectivity index is 2.74. The van der Waals surface area contributed by atoms with E-state index >= 15 is 0 Å². The van der Waals surface area contributed by atoms with Crippen LogP contribution in [0, 0.1) is 0 Å². The molecule has 0 atom stereocenters. The van der Waals surface area contributed by atoms with Crippen LogP contribution in [0.5, 0.6) is 0 Å². The summed E-state index contributed by atoms with van der Waals surface area (Å²) in [6.07, 6.45) is 5.20. The first-order chi connectivity index (χ1) is 5.41. The third-order valence-corrected chi connectivity index (χ3v) is 1.43. The Kier molecular flexibility index (Phi) is 9.36. The van der Waals surface area contributed by atoms with Crippen molar-refractivity contribution in [2.45, 2.75) is 19.3 Å². The summed E-state index contributed by atoms with van der Waals surface area (Å²) in [5.41, 5.74) is 0. The first-order valence-corrected chi connectivity index (χ1v) is 4.25. The number of ether oxygens (including phenoxy) is 1. The maximum atomic E-state index is 5.32.